The number of nitrogens with two attached hydrogens (primary N) is 2. The van der Waals surface area contributed by atoms with Gasteiger partial charge in [0.2, 0.25) is 11.1 Å². The lowest BCUT2D eigenvalue weighted by Crippen LogP contribution is -2.19. The molecule has 0 aliphatic carbocycles. The van der Waals surface area contributed by atoms with E-state index >= 15 is 0 Å². The van der Waals surface area contributed by atoms with E-state index in [1.807, 2.05) is 43.5 Å². The van der Waals surface area contributed by atoms with Crippen molar-refractivity contribution in [2.75, 3.05) is 6.61 Å². The number of amidine groups is 1. The lowest BCUT2D eigenvalue weighted by atomic mass is 10.2. The Morgan fingerprint density at radius 3 is 2.86 bits per heavy atom. The fourth-order valence-electron chi connectivity index (χ4n) is 1.62. The summed E-state index contributed by atoms with van der Waals surface area (Å²) in [5.74, 6) is 1.09. The normalized spacial score (nSPS) is 12.5. The summed E-state index contributed by atoms with van der Waals surface area (Å²) in [6.45, 7) is 4.40. The molecule has 7 heteroatoms. The molecule has 0 saturated heterocycles. The first-order valence-corrected chi connectivity index (χ1v) is 7.30. The van der Waals surface area contributed by atoms with Crippen molar-refractivity contribution >= 4 is 28.3 Å². The molecular weight excluding hydrogens is 286 g/mol. The number of hydrogen-bond donors (Lipinski definition) is 2. The number of aryl methyl sites for hydroxylation is 1. The molecule has 0 atom stereocenters. The van der Waals surface area contributed by atoms with Crippen molar-refractivity contribution in [2.24, 2.45) is 21.5 Å². The van der Waals surface area contributed by atoms with Crippen LogP contribution in [0.5, 0.6) is 5.75 Å². The molecule has 0 amide bonds. The minimum Gasteiger partial charge on any atom is -0.494 e. The molecule has 21 heavy (non-hydrogen) atoms. The van der Waals surface area contributed by atoms with Crippen LogP contribution in [0.4, 0.5) is 5.13 Å². The average Bonchev–Trinajstić information content (AvgIpc) is 2.84. The third-order valence-corrected chi connectivity index (χ3v) is 3.35. The van der Waals surface area contributed by atoms with E-state index in [2.05, 4.69) is 15.0 Å². The summed E-state index contributed by atoms with van der Waals surface area (Å²) in [4.78, 5) is 12.4. The van der Waals surface area contributed by atoms with Gasteiger partial charge in [0.05, 0.1) is 12.3 Å². The number of rotatable bonds is 4. The molecule has 2 aromatic rings. The first-order valence-electron chi connectivity index (χ1n) is 6.42. The summed E-state index contributed by atoms with van der Waals surface area (Å²) in [5.41, 5.74) is 13.3. The number of nitrogens with zero attached hydrogens (tertiary/aromatic N) is 3. The van der Waals surface area contributed by atoms with E-state index in [0.717, 1.165) is 17.0 Å². The summed E-state index contributed by atoms with van der Waals surface area (Å²) >= 11 is 1.40. The highest BCUT2D eigenvalue weighted by Gasteiger charge is 2.03. The third kappa shape index (κ3) is 4.28. The number of aliphatic imine (C=N–C) groups is 2. The molecule has 4 N–H and O–H groups in total. The van der Waals surface area contributed by atoms with Crippen molar-refractivity contribution in [3.63, 3.8) is 0 Å². The summed E-state index contributed by atoms with van der Waals surface area (Å²) in [5, 5.41) is 2.45. The van der Waals surface area contributed by atoms with Crippen molar-refractivity contribution in [1.82, 2.24) is 4.98 Å². The van der Waals surface area contributed by atoms with Crippen molar-refractivity contribution in [3.05, 3.63) is 40.9 Å². The second-order valence-corrected chi connectivity index (χ2v) is 5.04. The Balaban J connectivity index is 2.19. The Morgan fingerprint density at radius 1 is 1.38 bits per heavy atom. The lowest BCUT2D eigenvalue weighted by molar-refractivity contribution is 0.340. The van der Waals surface area contributed by atoms with Crippen LogP contribution >= 0.6 is 11.3 Å². The number of thiazole rings is 1. The third-order valence-electron chi connectivity index (χ3n) is 2.49. The van der Waals surface area contributed by atoms with Gasteiger partial charge in [-0.1, -0.05) is 12.1 Å². The van der Waals surface area contributed by atoms with Gasteiger partial charge in [0, 0.05) is 10.9 Å². The van der Waals surface area contributed by atoms with E-state index in [-0.39, 0.29) is 11.8 Å². The Bertz CT molecular complexity index is 678. The van der Waals surface area contributed by atoms with Crippen molar-refractivity contribution in [2.45, 2.75) is 13.8 Å². The van der Waals surface area contributed by atoms with Gasteiger partial charge in [-0.15, -0.1) is 11.3 Å². The standard InChI is InChI=1S/C14H17N5OS/c1-3-20-11-6-4-5-10(7-11)12(15)18-13(16)19-14-17-9(2)8-21-14/h4-8H,3H2,1-2H3,(H4,15,16,17,18,19). The minimum atomic E-state index is 0.0728. The highest BCUT2D eigenvalue weighted by molar-refractivity contribution is 7.13. The van der Waals surface area contributed by atoms with Crippen molar-refractivity contribution in [1.29, 1.82) is 0 Å². The highest BCUT2D eigenvalue weighted by atomic mass is 32.1. The molecule has 1 aromatic carbocycles. The van der Waals surface area contributed by atoms with Gasteiger partial charge < -0.3 is 16.2 Å². The largest absolute Gasteiger partial charge is 0.494 e. The first kappa shape index (κ1) is 15.0. The van der Waals surface area contributed by atoms with Crippen LogP contribution in [0.15, 0.2) is 39.6 Å². The molecule has 0 unspecified atom stereocenters. The topological polar surface area (TPSA) is 98.9 Å². The quantitative estimate of drug-likeness (QED) is 0.668. The lowest BCUT2D eigenvalue weighted by Gasteiger charge is -2.05. The maximum absolute atomic E-state index is 5.94. The minimum absolute atomic E-state index is 0.0728. The molecule has 0 aliphatic heterocycles. The molecule has 0 radical (unpaired) electrons. The Hall–Kier alpha value is -2.41. The fourth-order valence-corrected chi connectivity index (χ4v) is 2.29. The van der Waals surface area contributed by atoms with E-state index < -0.39 is 0 Å². The second-order valence-electron chi connectivity index (χ2n) is 4.20. The van der Waals surface area contributed by atoms with E-state index in [1.54, 1.807) is 0 Å². The van der Waals surface area contributed by atoms with Crippen LogP contribution in [0, 0.1) is 6.92 Å². The highest BCUT2D eigenvalue weighted by Crippen LogP contribution is 2.18. The zero-order valence-corrected chi connectivity index (χ0v) is 12.7. The fraction of sp³-hybridized carbons (Fsp3) is 0.214. The molecule has 1 heterocycles. The molecule has 2 rings (SSSR count). The number of aromatic nitrogens is 1. The van der Waals surface area contributed by atoms with Crippen LogP contribution in [-0.2, 0) is 0 Å². The van der Waals surface area contributed by atoms with Crippen molar-refractivity contribution < 1.29 is 4.74 Å². The maximum atomic E-state index is 5.94. The predicted molar refractivity (Wildman–Crippen MR) is 86.5 cm³/mol. The van der Waals surface area contributed by atoms with Crippen LogP contribution in [0.1, 0.15) is 18.2 Å². The Kier molecular flexibility index (Phi) is 4.89. The van der Waals surface area contributed by atoms with Gasteiger partial charge in [0.15, 0.2) is 0 Å². The molecule has 0 fully saturated rings. The number of ether oxygens (including phenoxy) is 1. The molecule has 0 spiro atoms. The van der Waals surface area contributed by atoms with Crippen LogP contribution in [-0.4, -0.2) is 23.4 Å². The summed E-state index contributed by atoms with van der Waals surface area (Å²) in [6, 6.07) is 7.35. The molecule has 0 bridgehead atoms. The second kappa shape index (κ2) is 6.85. The number of guanidine groups is 1. The van der Waals surface area contributed by atoms with Gasteiger partial charge in [-0.3, -0.25) is 0 Å². The molecular formula is C14H17N5OS. The van der Waals surface area contributed by atoms with Crippen molar-refractivity contribution in [3.8, 4) is 5.75 Å². The van der Waals surface area contributed by atoms with Gasteiger partial charge in [-0.25, -0.2) is 4.98 Å². The smallest absolute Gasteiger partial charge is 0.224 e. The van der Waals surface area contributed by atoms with Gasteiger partial charge in [0.1, 0.15) is 11.6 Å². The van der Waals surface area contributed by atoms with E-state index in [1.165, 1.54) is 11.3 Å². The summed E-state index contributed by atoms with van der Waals surface area (Å²) in [7, 11) is 0. The summed E-state index contributed by atoms with van der Waals surface area (Å²) < 4.78 is 5.42. The van der Waals surface area contributed by atoms with Crippen LogP contribution in [0.25, 0.3) is 0 Å². The van der Waals surface area contributed by atoms with Crippen LogP contribution < -0.4 is 16.2 Å². The van der Waals surface area contributed by atoms with Gasteiger partial charge >= 0.3 is 0 Å². The number of hydrogen-bond acceptors (Lipinski definition) is 4. The van der Waals surface area contributed by atoms with E-state index in [0.29, 0.717) is 11.7 Å². The number of benzene rings is 1. The Morgan fingerprint density at radius 2 is 2.19 bits per heavy atom. The zero-order chi connectivity index (χ0) is 15.2. The molecule has 110 valence electrons. The average molecular weight is 303 g/mol. The molecule has 0 saturated carbocycles. The van der Waals surface area contributed by atoms with E-state index in [4.69, 9.17) is 16.2 Å². The first-order chi connectivity index (χ1) is 10.1. The maximum Gasteiger partial charge on any atom is 0.224 e. The van der Waals surface area contributed by atoms with Gasteiger partial charge in [-0.2, -0.15) is 9.98 Å². The van der Waals surface area contributed by atoms with Crippen LogP contribution in [0.3, 0.4) is 0 Å². The monoisotopic (exact) mass is 303 g/mol. The molecule has 0 aliphatic rings. The van der Waals surface area contributed by atoms with Gasteiger partial charge in [0.25, 0.3) is 0 Å². The molecule has 1 aromatic heterocycles. The molecule has 6 nitrogen and oxygen atoms in total. The SMILES string of the molecule is CCOc1cccc(/C(N)=N/C(N)=N/c2nc(C)cs2)c1. The zero-order valence-electron chi connectivity index (χ0n) is 11.9. The van der Waals surface area contributed by atoms with E-state index in [9.17, 15) is 0 Å². The van der Waals surface area contributed by atoms with Crippen LogP contribution in [0.2, 0.25) is 0 Å². The van der Waals surface area contributed by atoms with Gasteiger partial charge in [-0.05, 0) is 26.0 Å². The predicted octanol–water partition coefficient (Wildman–Crippen LogP) is 2.20. The Labute approximate surface area is 127 Å². The summed E-state index contributed by atoms with van der Waals surface area (Å²) in [6.07, 6.45) is 0.